The minimum atomic E-state index is -0.438. The number of piperidine rings is 1. The molecule has 0 aliphatic carbocycles. The molecule has 1 aliphatic rings. The summed E-state index contributed by atoms with van der Waals surface area (Å²) in [5.74, 6) is 1.00. The molecule has 3 rings (SSSR count). The van der Waals surface area contributed by atoms with E-state index in [2.05, 4.69) is 25.1 Å². The Morgan fingerprint density at radius 1 is 1.42 bits per heavy atom. The quantitative estimate of drug-likeness (QED) is 0.704. The van der Waals surface area contributed by atoms with Crippen LogP contribution < -0.4 is 10.1 Å². The Bertz CT molecular complexity index is 550. The Balaban J connectivity index is 1.73. The van der Waals surface area contributed by atoms with Crippen molar-refractivity contribution in [3.8, 4) is 0 Å². The topological polar surface area (TPSA) is 77.1 Å². The van der Waals surface area contributed by atoms with Crippen molar-refractivity contribution in [2.75, 3.05) is 18.0 Å². The standard InChI is InChI=1S/C12H18BN5O/c1-13(19)17-9-3-6-18(7-4-9)12-10-2-5-14-11(10)15-8-16-12/h2,5,8-9,17,19H,3-4,6-7H2,1H3,(H,14,15,16). The van der Waals surface area contributed by atoms with Crippen LogP contribution in [0, 0.1) is 0 Å². The van der Waals surface area contributed by atoms with Crippen molar-refractivity contribution in [3.05, 3.63) is 18.6 Å². The van der Waals surface area contributed by atoms with Gasteiger partial charge in [0.05, 0.1) is 5.39 Å². The maximum atomic E-state index is 9.35. The summed E-state index contributed by atoms with van der Waals surface area (Å²) in [4.78, 5) is 14.0. The minimum Gasteiger partial charge on any atom is -0.437 e. The number of nitrogens with zero attached hydrogens (tertiary/aromatic N) is 3. The van der Waals surface area contributed by atoms with Gasteiger partial charge < -0.3 is 20.1 Å². The van der Waals surface area contributed by atoms with E-state index in [0.29, 0.717) is 6.04 Å². The van der Waals surface area contributed by atoms with E-state index in [4.69, 9.17) is 0 Å². The third-order valence-electron chi connectivity index (χ3n) is 3.60. The first-order valence-electron chi connectivity index (χ1n) is 6.71. The molecule has 0 aromatic carbocycles. The van der Waals surface area contributed by atoms with E-state index < -0.39 is 7.05 Å². The molecule has 6 nitrogen and oxygen atoms in total. The number of anilines is 1. The first-order chi connectivity index (χ1) is 9.24. The van der Waals surface area contributed by atoms with Crippen molar-refractivity contribution >= 4 is 23.9 Å². The molecule has 3 heterocycles. The van der Waals surface area contributed by atoms with Gasteiger partial charge in [-0.05, 0) is 25.7 Å². The van der Waals surface area contributed by atoms with Crippen LogP contribution in [-0.2, 0) is 0 Å². The van der Waals surface area contributed by atoms with Crippen LogP contribution in [0.4, 0.5) is 5.82 Å². The molecule has 0 spiro atoms. The number of nitrogens with one attached hydrogen (secondary N) is 2. The number of aromatic nitrogens is 3. The van der Waals surface area contributed by atoms with E-state index in [-0.39, 0.29) is 0 Å². The first-order valence-corrected chi connectivity index (χ1v) is 6.71. The van der Waals surface area contributed by atoms with E-state index in [0.717, 1.165) is 42.8 Å². The summed E-state index contributed by atoms with van der Waals surface area (Å²) in [5, 5.41) is 13.6. The number of hydrogen-bond acceptors (Lipinski definition) is 5. The summed E-state index contributed by atoms with van der Waals surface area (Å²) in [6, 6.07) is 2.41. The molecule has 0 unspecified atom stereocenters. The lowest BCUT2D eigenvalue weighted by molar-refractivity contribution is 0.440. The van der Waals surface area contributed by atoms with Crippen LogP contribution in [0.3, 0.4) is 0 Å². The van der Waals surface area contributed by atoms with Crippen LogP contribution >= 0.6 is 0 Å². The highest BCUT2D eigenvalue weighted by Gasteiger charge is 2.23. The largest absolute Gasteiger partial charge is 0.437 e. The molecule has 1 fully saturated rings. The molecule has 19 heavy (non-hydrogen) atoms. The lowest BCUT2D eigenvalue weighted by atomic mass is 9.85. The summed E-state index contributed by atoms with van der Waals surface area (Å²) in [6.45, 7) is 3.66. The van der Waals surface area contributed by atoms with Crippen molar-refractivity contribution in [3.63, 3.8) is 0 Å². The molecule has 0 atom stereocenters. The van der Waals surface area contributed by atoms with Gasteiger partial charge in [0.25, 0.3) is 0 Å². The van der Waals surface area contributed by atoms with E-state index in [9.17, 15) is 5.02 Å². The maximum Gasteiger partial charge on any atom is 0.373 e. The second-order valence-electron chi connectivity index (χ2n) is 5.04. The molecule has 0 radical (unpaired) electrons. The summed E-state index contributed by atoms with van der Waals surface area (Å²) in [6.07, 6.45) is 5.53. The molecule has 1 saturated heterocycles. The monoisotopic (exact) mass is 259 g/mol. The van der Waals surface area contributed by atoms with E-state index in [1.807, 2.05) is 12.3 Å². The second kappa shape index (κ2) is 5.18. The Morgan fingerprint density at radius 3 is 2.95 bits per heavy atom. The Morgan fingerprint density at radius 2 is 2.21 bits per heavy atom. The fourth-order valence-electron chi connectivity index (χ4n) is 2.71. The number of H-pyrrole nitrogens is 1. The average molecular weight is 259 g/mol. The summed E-state index contributed by atoms with van der Waals surface area (Å²) in [7, 11) is -0.438. The number of fused-ring (bicyclic) bond motifs is 1. The highest BCUT2D eigenvalue weighted by atomic mass is 16.2. The van der Waals surface area contributed by atoms with Crippen molar-refractivity contribution in [2.24, 2.45) is 0 Å². The Hall–Kier alpha value is -1.60. The average Bonchev–Trinajstić information content (AvgIpc) is 2.87. The SMILES string of the molecule is CB(O)NC1CCN(c2ncnc3[nH]ccc23)CC1. The van der Waals surface area contributed by atoms with Gasteiger partial charge in [0.15, 0.2) is 0 Å². The molecule has 3 N–H and O–H groups in total. The molecule has 2 aromatic heterocycles. The highest BCUT2D eigenvalue weighted by molar-refractivity contribution is 6.45. The third-order valence-corrected chi connectivity index (χ3v) is 3.60. The first kappa shape index (κ1) is 12.4. The smallest absolute Gasteiger partial charge is 0.373 e. The summed E-state index contributed by atoms with van der Waals surface area (Å²) >= 11 is 0. The van der Waals surface area contributed by atoms with Gasteiger partial charge >= 0.3 is 7.05 Å². The van der Waals surface area contributed by atoms with Crippen molar-refractivity contribution in [1.29, 1.82) is 0 Å². The van der Waals surface area contributed by atoms with Crippen molar-refractivity contribution < 1.29 is 5.02 Å². The molecular weight excluding hydrogens is 241 g/mol. The predicted molar refractivity (Wildman–Crippen MR) is 76.1 cm³/mol. The minimum absolute atomic E-state index is 0.389. The molecule has 0 amide bonds. The number of hydrogen-bond donors (Lipinski definition) is 3. The van der Waals surface area contributed by atoms with Gasteiger partial charge in [0, 0.05) is 25.3 Å². The molecular formula is C12H18BN5O. The van der Waals surface area contributed by atoms with Gasteiger partial charge in [0.2, 0.25) is 0 Å². The van der Waals surface area contributed by atoms with Crippen LogP contribution in [0.15, 0.2) is 18.6 Å². The van der Waals surface area contributed by atoms with Crippen LogP contribution in [0.2, 0.25) is 6.82 Å². The number of aromatic amines is 1. The van der Waals surface area contributed by atoms with Gasteiger partial charge in [-0.2, -0.15) is 0 Å². The van der Waals surface area contributed by atoms with Crippen molar-refractivity contribution in [2.45, 2.75) is 25.7 Å². The highest BCUT2D eigenvalue weighted by Crippen LogP contribution is 2.24. The van der Waals surface area contributed by atoms with Gasteiger partial charge in [-0.15, -0.1) is 0 Å². The zero-order valence-electron chi connectivity index (χ0n) is 11.0. The van der Waals surface area contributed by atoms with E-state index in [1.165, 1.54) is 0 Å². The molecule has 100 valence electrons. The second-order valence-corrected chi connectivity index (χ2v) is 5.04. The van der Waals surface area contributed by atoms with Gasteiger partial charge in [0.1, 0.15) is 17.8 Å². The molecule has 1 aliphatic heterocycles. The lowest BCUT2D eigenvalue weighted by Gasteiger charge is -2.33. The zero-order chi connectivity index (χ0) is 13.2. The van der Waals surface area contributed by atoms with Crippen LogP contribution in [-0.4, -0.2) is 46.2 Å². The third kappa shape index (κ3) is 2.57. The molecule has 0 bridgehead atoms. The normalized spacial score (nSPS) is 17.1. The molecule has 2 aromatic rings. The zero-order valence-corrected chi connectivity index (χ0v) is 11.0. The lowest BCUT2D eigenvalue weighted by Crippen LogP contribution is -2.47. The van der Waals surface area contributed by atoms with Crippen LogP contribution in [0.1, 0.15) is 12.8 Å². The maximum absolute atomic E-state index is 9.35. The predicted octanol–water partition coefficient (Wildman–Crippen LogP) is 0.627. The van der Waals surface area contributed by atoms with Gasteiger partial charge in [-0.3, -0.25) is 0 Å². The summed E-state index contributed by atoms with van der Waals surface area (Å²) in [5.41, 5.74) is 0.884. The Kier molecular flexibility index (Phi) is 3.39. The Labute approximate surface area is 112 Å². The summed E-state index contributed by atoms with van der Waals surface area (Å²) < 4.78 is 0. The van der Waals surface area contributed by atoms with Gasteiger partial charge in [-0.1, -0.05) is 0 Å². The van der Waals surface area contributed by atoms with Crippen LogP contribution in [0.5, 0.6) is 0 Å². The van der Waals surface area contributed by atoms with Crippen LogP contribution in [0.25, 0.3) is 11.0 Å². The van der Waals surface area contributed by atoms with Gasteiger partial charge in [-0.25, -0.2) is 9.97 Å². The molecule has 7 heteroatoms. The van der Waals surface area contributed by atoms with E-state index >= 15 is 0 Å². The fraction of sp³-hybridized carbons (Fsp3) is 0.500. The molecule has 0 saturated carbocycles. The number of rotatable bonds is 3. The van der Waals surface area contributed by atoms with E-state index in [1.54, 1.807) is 13.2 Å². The van der Waals surface area contributed by atoms with Crippen molar-refractivity contribution in [1.82, 2.24) is 20.2 Å². The fourth-order valence-corrected chi connectivity index (χ4v) is 2.71.